The maximum Gasteiger partial charge on any atom is 0.514 e. The third kappa shape index (κ3) is 3.74. The average molecular weight is 269 g/mol. The summed E-state index contributed by atoms with van der Waals surface area (Å²) in [5, 5.41) is 0.564. The Morgan fingerprint density at radius 2 is 2.00 bits per heavy atom. The SMILES string of the molecule is O=C1CCCC(OC(=O)Oc2ccc(Cl)cc2)C1. The molecule has 4 nitrogen and oxygen atoms in total. The van der Waals surface area contributed by atoms with E-state index in [4.69, 9.17) is 21.1 Å². The van der Waals surface area contributed by atoms with E-state index in [9.17, 15) is 9.59 Å². The number of benzene rings is 1. The summed E-state index contributed by atoms with van der Waals surface area (Å²) in [6, 6.07) is 6.40. The molecule has 5 heteroatoms. The van der Waals surface area contributed by atoms with Crippen LogP contribution in [0.15, 0.2) is 24.3 Å². The lowest BCUT2D eigenvalue weighted by Crippen LogP contribution is -2.26. The van der Waals surface area contributed by atoms with Crippen LogP contribution < -0.4 is 4.74 Å². The van der Waals surface area contributed by atoms with E-state index in [0.717, 1.165) is 6.42 Å². The Morgan fingerprint density at radius 3 is 2.67 bits per heavy atom. The van der Waals surface area contributed by atoms with Crippen molar-refractivity contribution in [1.82, 2.24) is 0 Å². The van der Waals surface area contributed by atoms with E-state index in [1.165, 1.54) is 0 Å². The first kappa shape index (κ1) is 12.9. The summed E-state index contributed by atoms with van der Waals surface area (Å²) >= 11 is 5.71. The highest BCUT2D eigenvalue weighted by molar-refractivity contribution is 6.30. The normalized spacial score (nSPS) is 19.4. The number of halogens is 1. The summed E-state index contributed by atoms with van der Waals surface area (Å²) in [4.78, 5) is 22.7. The second-order valence-corrected chi connectivity index (χ2v) is 4.62. The molecule has 0 saturated heterocycles. The van der Waals surface area contributed by atoms with Gasteiger partial charge in [0.05, 0.1) is 0 Å². The van der Waals surface area contributed by atoms with Crippen molar-refractivity contribution < 1.29 is 19.1 Å². The van der Waals surface area contributed by atoms with Gasteiger partial charge in [-0.1, -0.05) is 11.6 Å². The molecule has 18 heavy (non-hydrogen) atoms. The molecule has 0 N–H and O–H groups in total. The monoisotopic (exact) mass is 268 g/mol. The highest BCUT2D eigenvalue weighted by Crippen LogP contribution is 2.20. The topological polar surface area (TPSA) is 52.6 Å². The van der Waals surface area contributed by atoms with Gasteiger partial charge in [-0.05, 0) is 37.1 Å². The maximum absolute atomic E-state index is 11.5. The molecule has 0 aromatic heterocycles. The quantitative estimate of drug-likeness (QED) is 0.610. The van der Waals surface area contributed by atoms with Crippen molar-refractivity contribution in [3.63, 3.8) is 0 Å². The van der Waals surface area contributed by atoms with Crippen molar-refractivity contribution in [2.24, 2.45) is 0 Å². The zero-order chi connectivity index (χ0) is 13.0. The molecule has 0 radical (unpaired) electrons. The zero-order valence-electron chi connectivity index (χ0n) is 9.73. The van der Waals surface area contributed by atoms with Gasteiger partial charge in [0.15, 0.2) is 0 Å². The standard InChI is InChI=1S/C13H13ClO4/c14-9-4-6-11(7-5-9)17-13(16)18-12-3-1-2-10(15)8-12/h4-7,12H,1-3,8H2. The predicted octanol–water partition coefficient (Wildman–Crippen LogP) is 3.37. The minimum atomic E-state index is -0.781. The van der Waals surface area contributed by atoms with E-state index in [1.807, 2.05) is 0 Å². The van der Waals surface area contributed by atoms with Crippen LogP contribution in [0, 0.1) is 0 Å². The number of hydrogen-bond donors (Lipinski definition) is 0. The number of carbonyl (C=O) groups excluding carboxylic acids is 2. The lowest BCUT2D eigenvalue weighted by Gasteiger charge is -2.20. The molecule has 1 atom stereocenters. The number of hydrogen-bond acceptors (Lipinski definition) is 4. The molecule has 2 rings (SSSR count). The Labute approximate surface area is 110 Å². The summed E-state index contributed by atoms with van der Waals surface area (Å²) in [5.74, 6) is 0.497. The van der Waals surface area contributed by atoms with Gasteiger partial charge in [-0.15, -0.1) is 0 Å². The predicted molar refractivity (Wildman–Crippen MR) is 65.8 cm³/mol. The van der Waals surface area contributed by atoms with Crippen molar-refractivity contribution in [2.75, 3.05) is 0 Å². The van der Waals surface area contributed by atoms with Crippen LogP contribution in [0.3, 0.4) is 0 Å². The van der Waals surface area contributed by atoms with Crippen molar-refractivity contribution in [1.29, 1.82) is 0 Å². The smallest absolute Gasteiger partial charge is 0.430 e. The zero-order valence-corrected chi connectivity index (χ0v) is 10.5. The number of ketones is 1. The van der Waals surface area contributed by atoms with E-state index < -0.39 is 6.16 Å². The summed E-state index contributed by atoms with van der Waals surface area (Å²) in [7, 11) is 0. The molecule has 96 valence electrons. The second-order valence-electron chi connectivity index (χ2n) is 4.18. The largest absolute Gasteiger partial charge is 0.514 e. The highest BCUT2D eigenvalue weighted by atomic mass is 35.5. The van der Waals surface area contributed by atoms with Crippen LogP contribution >= 0.6 is 11.6 Å². The van der Waals surface area contributed by atoms with Gasteiger partial charge in [-0.2, -0.15) is 0 Å². The fourth-order valence-corrected chi connectivity index (χ4v) is 1.97. The fourth-order valence-electron chi connectivity index (χ4n) is 1.84. The third-order valence-electron chi connectivity index (χ3n) is 2.71. The van der Waals surface area contributed by atoms with E-state index >= 15 is 0 Å². The molecule has 1 saturated carbocycles. The Balaban J connectivity index is 1.84. The van der Waals surface area contributed by atoms with Gasteiger partial charge in [-0.25, -0.2) is 4.79 Å². The van der Waals surface area contributed by atoms with E-state index in [-0.39, 0.29) is 18.3 Å². The fraction of sp³-hybridized carbons (Fsp3) is 0.385. The minimum Gasteiger partial charge on any atom is -0.430 e. The third-order valence-corrected chi connectivity index (χ3v) is 2.97. The number of carbonyl (C=O) groups is 2. The molecule has 0 heterocycles. The Kier molecular flexibility index (Phi) is 4.20. The first-order valence-corrected chi connectivity index (χ1v) is 6.17. The second kappa shape index (κ2) is 5.87. The van der Waals surface area contributed by atoms with Crippen LogP contribution in [0.4, 0.5) is 4.79 Å². The molecule has 1 aliphatic rings. The number of rotatable bonds is 2. The molecule has 0 aliphatic heterocycles. The molecular formula is C13H13ClO4. The van der Waals surface area contributed by atoms with Crippen LogP contribution in [0.25, 0.3) is 0 Å². The van der Waals surface area contributed by atoms with Crippen LogP contribution in [-0.4, -0.2) is 18.0 Å². The summed E-state index contributed by atoms with van der Waals surface area (Å²) < 4.78 is 10.1. The van der Waals surface area contributed by atoms with Gasteiger partial charge < -0.3 is 9.47 Å². The molecule has 1 unspecified atom stereocenters. The first-order chi connectivity index (χ1) is 8.63. The highest BCUT2D eigenvalue weighted by Gasteiger charge is 2.23. The summed E-state index contributed by atoms with van der Waals surface area (Å²) in [6.07, 6.45) is 1.20. The average Bonchev–Trinajstić information content (AvgIpc) is 2.32. The number of ether oxygens (including phenoxy) is 2. The van der Waals surface area contributed by atoms with Crippen LogP contribution in [0.5, 0.6) is 5.75 Å². The molecule has 0 amide bonds. The van der Waals surface area contributed by atoms with Gasteiger partial charge in [0, 0.05) is 17.9 Å². The van der Waals surface area contributed by atoms with Crippen LogP contribution in [0.2, 0.25) is 5.02 Å². The Bertz CT molecular complexity index is 441. The summed E-state index contributed by atoms with van der Waals surface area (Å²) in [5.41, 5.74) is 0. The number of Topliss-reactive ketones (excluding diaryl/α,β-unsaturated/α-hetero) is 1. The first-order valence-electron chi connectivity index (χ1n) is 5.79. The molecule has 1 aromatic carbocycles. The van der Waals surface area contributed by atoms with Gasteiger partial charge in [0.2, 0.25) is 0 Å². The maximum atomic E-state index is 11.5. The molecule has 1 aromatic rings. The molecule has 1 fully saturated rings. The molecule has 0 bridgehead atoms. The van der Waals surface area contributed by atoms with Crippen molar-refractivity contribution >= 4 is 23.5 Å². The van der Waals surface area contributed by atoms with Crippen LogP contribution in [-0.2, 0) is 9.53 Å². The molecule has 1 aliphatic carbocycles. The molecule has 0 spiro atoms. The van der Waals surface area contributed by atoms with Crippen molar-refractivity contribution in [3.8, 4) is 5.75 Å². The van der Waals surface area contributed by atoms with Gasteiger partial charge in [0.25, 0.3) is 0 Å². The van der Waals surface area contributed by atoms with Crippen molar-refractivity contribution in [3.05, 3.63) is 29.3 Å². The minimum absolute atomic E-state index is 0.130. The van der Waals surface area contributed by atoms with Gasteiger partial charge >= 0.3 is 6.16 Å². The van der Waals surface area contributed by atoms with E-state index in [1.54, 1.807) is 24.3 Å². The Morgan fingerprint density at radius 1 is 1.28 bits per heavy atom. The van der Waals surface area contributed by atoms with Gasteiger partial charge in [0.1, 0.15) is 17.6 Å². The van der Waals surface area contributed by atoms with Crippen LogP contribution in [0.1, 0.15) is 25.7 Å². The lowest BCUT2D eigenvalue weighted by atomic mass is 9.97. The van der Waals surface area contributed by atoms with E-state index in [2.05, 4.69) is 0 Å². The van der Waals surface area contributed by atoms with Gasteiger partial charge in [-0.3, -0.25) is 4.79 Å². The molecular weight excluding hydrogens is 256 g/mol. The lowest BCUT2D eigenvalue weighted by molar-refractivity contribution is -0.123. The summed E-state index contributed by atoms with van der Waals surface area (Å²) in [6.45, 7) is 0. The van der Waals surface area contributed by atoms with E-state index in [0.29, 0.717) is 23.6 Å². The van der Waals surface area contributed by atoms with Crippen molar-refractivity contribution in [2.45, 2.75) is 31.8 Å². The Hall–Kier alpha value is -1.55.